The van der Waals surface area contributed by atoms with E-state index in [4.69, 9.17) is 0 Å². The Morgan fingerprint density at radius 2 is 1.75 bits per heavy atom. The molecule has 0 atom stereocenters. The van der Waals surface area contributed by atoms with Gasteiger partial charge in [-0.05, 0) is 12.5 Å². The molecule has 0 N–H and O–H groups in total. The lowest BCUT2D eigenvalue weighted by molar-refractivity contribution is 0.487. The number of hydrogen-bond acceptors (Lipinski definition) is 1. The maximum atomic E-state index is 11.8. The second kappa shape index (κ2) is 5.63. The van der Waals surface area contributed by atoms with Crippen LogP contribution in [0.2, 0.25) is 11.1 Å². The molecule has 0 radical (unpaired) electrons. The summed E-state index contributed by atoms with van der Waals surface area (Å²) in [7, 11) is -1.34. The van der Waals surface area contributed by atoms with Crippen LogP contribution in [0.5, 0.6) is 0 Å². The lowest BCUT2D eigenvalue weighted by Gasteiger charge is -2.20. The van der Waals surface area contributed by atoms with Crippen LogP contribution in [0, 0.1) is 0 Å². The zero-order chi connectivity index (χ0) is 9.61. The monoisotopic (exact) mass is 186 g/mol. The molecule has 72 valence electrons. The van der Waals surface area contributed by atoms with Gasteiger partial charge in [0, 0.05) is 5.04 Å². The van der Waals surface area contributed by atoms with Crippen molar-refractivity contribution >= 4 is 8.68 Å². The third-order valence-electron chi connectivity index (χ3n) is 2.39. The van der Waals surface area contributed by atoms with Gasteiger partial charge in [0.15, 0.2) is 0 Å². The Morgan fingerprint density at radius 3 is 2.17 bits per heavy atom. The Kier molecular flexibility index (Phi) is 5.63. The first kappa shape index (κ1) is 12.0. The largest absolute Gasteiger partial charge is 0.388 e. The molecule has 12 heavy (non-hydrogen) atoms. The van der Waals surface area contributed by atoms with E-state index in [9.17, 15) is 4.46 Å². The highest BCUT2D eigenvalue weighted by molar-refractivity contribution is 6.46. The molecule has 0 unspecified atom stereocenters. The fourth-order valence-electron chi connectivity index (χ4n) is 1.44. The molecule has 0 saturated heterocycles. The Hall–Kier alpha value is 0.0169. The fourth-order valence-corrected chi connectivity index (χ4v) is 3.32. The van der Waals surface area contributed by atoms with Gasteiger partial charge in [-0.1, -0.05) is 47.0 Å². The van der Waals surface area contributed by atoms with E-state index in [-0.39, 0.29) is 5.04 Å². The second-order valence-electron chi connectivity index (χ2n) is 4.16. The van der Waals surface area contributed by atoms with Crippen LogP contribution in [0.1, 0.15) is 53.4 Å². The van der Waals surface area contributed by atoms with Crippen molar-refractivity contribution in [3.63, 3.8) is 0 Å². The van der Waals surface area contributed by atoms with Gasteiger partial charge in [0.1, 0.15) is 0 Å². The molecule has 2 heteroatoms. The maximum absolute atomic E-state index is 11.8. The van der Waals surface area contributed by atoms with Gasteiger partial charge in [-0.3, -0.25) is 0 Å². The van der Waals surface area contributed by atoms with Crippen LogP contribution in [-0.2, 0) is 4.46 Å². The van der Waals surface area contributed by atoms with Gasteiger partial charge in [0.2, 0.25) is 0 Å². The molecule has 0 aliphatic rings. The van der Waals surface area contributed by atoms with Crippen molar-refractivity contribution in [3.05, 3.63) is 0 Å². The minimum Gasteiger partial charge on any atom is -0.388 e. The Balaban J connectivity index is 3.88. The first-order valence-electron chi connectivity index (χ1n) is 5.08. The van der Waals surface area contributed by atoms with Crippen LogP contribution in [0.3, 0.4) is 0 Å². The molecule has 0 amide bonds. The maximum Gasteiger partial charge on any atom is 0.282 e. The normalized spacial score (nSPS) is 11.7. The summed E-state index contributed by atoms with van der Waals surface area (Å²) in [4.78, 5) is 0. The van der Waals surface area contributed by atoms with Crippen LogP contribution in [-0.4, -0.2) is 8.68 Å². The van der Waals surface area contributed by atoms with Crippen molar-refractivity contribution < 1.29 is 4.46 Å². The van der Waals surface area contributed by atoms with E-state index < -0.39 is 8.68 Å². The molecular formula is C10H22OSi. The molecule has 0 fully saturated rings. The third-order valence-corrected chi connectivity index (χ3v) is 4.95. The molecule has 0 rings (SSSR count). The lowest BCUT2D eigenvalue weighted by atomic mass is 10.1. The summed E-state index contributed by atoms with van der Waals surface area (Å²) in [6, 6.07) is 0.953. The van der Waals surface area contributed by atoms with Gasteiger partial charge in [-0.25, -0.2) is 0 Å². The summed E-state index contributed by atoms with van der Waals surface area (Å²) in [5.41, 5.74) is 0. The van der Waals surface area contributed by atoms with Crippen molar-refractivity contribution in [1.82, 2.24) is 0 Å². The van der Waals surface area contributed by atoms with Gasteiger partial charge in [-0.2, -0.15) is 0 Å². The minimum atomic E-state index is -1.34. The van der Waals surface area contributed by atoms with Gasteiger partial charge in [0.25, 0.3) is 8.68 Å². The molecule has 0 aromatic heterocycles. The Labute approximate surface area is 78.2 Å². The summed E-state index contributed by atoms with van der Waals surface area (Å²) >= 11 is 0. The van der Waals surface area contributed by atoms with Crippen molar-refractivity contribution in [1.29, 1.82) is 0 Å². The van der Waals surface area contributed by atoms with E-state index in [1.54, 1.807) is 0 Å². The first-order chi connectivity index (χ1) is 5.54. The molecule has 0 aliphatic carbocycles. The van der Waals surface area contributed by atoms with Gasteiger partial charge in [-0.15, -0.1) is 0 Å². The molecule has 0 aromatic rings. The zero-order valence-corrected chi connectivity index (χ0v) is 9.94. The standard InChI is InChI=1S/C10H22OSi/c1-5-7-9-12(11)10(3,4)8-6-2/h5-9H2,1-4H3. The number of rotatable bonds is 6. The quantitative estimate of drug-likeness (QED) is 0.577. The molecule has 0 spiro atoms. The van der Waals surface area contributed by atoms with Crippen LogP contribution < -0.4 is 0 Å². The smallest absolute Gasteiger partial charge is 0.282 e. The Bertz CT molecular complexity index is 141. The van der Waals surface area contributed by atoms with E-state index in [0.29, 0.717) is 0 Å². The summed E-state index contributed by atoms with van der Waals surface area (Å²) in [5, 5.41) is 0.106. The molecular weight excluding hydrogens is 164 g/mol. The molecule has 0 aliphatic heterocycles. The van der Waals surface area contributed by atoms with Crippen molar-refractivity contribution in [2.45, 2.75) is 64.5 Å². The predicted molar refractivity (Wildman–Crippen MR) is 55.1 cm³/mol. The minimum absolute atomic E-state index is 0.106. The van der Waals surface area contributed by atoms with Crippen LogP contribution in [0.4, 0.5) is 0 Å². The second-order valence-corrected chi connectivity index (χ2v) is 6.86. The van der Waals surface area contributed by atoms with Crippen LogP contribution >= 0.6 is 0 Å². The van der Waals surface area contributed by atoms with E-state index >= 15 is 0 Å². The molecule has 0 aromatic carbocycles. The van der Waals surface area contributed by atoms with Crippen molar-refractivity contribution in [2.24, 2.45) is 0 Å². The average Bonchev–Trinajstić information content (AvgIpc) is 2.00. The topological polar surface area (TPSA) is 17.1 Å². The Morgan fingerprint density at radius 1 is 1.17 bits per heavy atom. The summed E-state index contributed by atoms with van der Waals surface area (Å²) < 4.78 is 11.8. The third kappa shape index (κ3) is 4.15. The molecule has 0 bridgehead atoms. The van der Waals surface area contributed by atoms with Crippen LogP contribution in [0.25, 0.3) is 0 Å². The lowest BCUT2D eigenvalue weighted by Crippen LogP contribution is -2.18. The predicted octanol–water partition coefficient (Wildman–Crippen LogP) is 3.79. The summed E-state index contributed by atoms with van der Waals surface area (Å²) in [6.07, 6.45) is 4.55. The number of hydrogen-bond donors (Lipinski definition) is 0. The summed E-state index contributed by atoms with van der Waals surface area (Å²) in [6.45, 7) is 8.61. The zero-order valence-electron chi connectivity index (χ0n) is 8.94. The van der Waals surface area contributed by atoms with Crippen LogP contribution in [0.15, 0.2) is 0 Å². The number of unbranched alkanes of at least 4 members (excludes halogenated alkanes) is 1. The van der Waals surface area contributed by atoms with Gasteiger partial charge < -0.3 is 4.46 Å². The van der Waals surface area contributed by atoms with Crippen molar-refractivity contribution in [2.75, 3.05) is 0 Å². The SMILES string of the molecule is CCCC[Si](=O)C(C)(C)CCC. The first-order valence-corrected chi connectivity index (χ1v) is 6.69. The van der Waals surface area contributed by atoms with Crippen molar-refractivity contribution in [3.8, 4) is 0 Å². The molecule has 0 heterocycles. The van der Waals surface area contributed by atoms with E-state index in [0.717, 1.165) is 25.3 Å². The average molecular weight is 186 g/mol. The van der Waals surface area contributed by atoms with E-state index in [1.165, 1.54) is 6.42 Å². The highest BCUT2D eigenvalue weighted by Gasteiger charge is 2.27. The molecule has 1 nitrogen and oxygen atoms in total. The van der Waals surface area contributed by atoms with Gasteiger partial charge >= 0.3 is 0 Å². The van der Waals surface area contributed by atoms with E-state index in [2.05, 4.69) is 27.7 Å². The molecule has 0 saturated carbocycles. The van der Waals surface area contributed by atoms with E-state index in [1.807, 2.05) is 0 Å². The highest BCUT2D eigenvalue weighted by atomic mass is 28.3. The van der Waals surface area contributed by atoms with Gasteiger partial charge in [0.05, 0.1) is 0 Å². The highest BCUT2D eigenvalue weighted by Crippen LogP contribution is 2.32. The fraction of sp³-hybridized carbons (Fsp3) is 1.00. The summed E-state index contributed by atoms with van der Waals surface area (Å²) in [5.74, 6) is 0.